The molecule has 164 valence electrons. The summed E-state index contributed by atoms with van der Waals surface area (Å²) in [6, 6.07) is 5.62. The predicted octanol–water partition coefficient (Wildman–Crippen LogP) is 2.23. The van der Waals surface area contributed by atoms with Gasteiger partial charge in [0.05, 0.1) is 0 Å². The molecule has 3 aliphatic heterocycles. The largest absolute Gasteiger partial charge is 0.489 e. The van der Waals surface area contributed by atoms with E-state index < -0.39 is 6.04 Å². The minimum Gasteiger partial charge on any atom is -0.489 e. The molecule has 7 nitrogen and oxygen atoms in total. The number of fused-ring (bicyclic) bond motifs is 1. The summed E-state index contributed by atoms with van der Waals surface area (Å²) in [7, 11) is 0. The lowest BCUT2D eigenvalue weighted by Crippen LogP contribution is -2.59. The van der Waals surface area contributed by atoms with E-state index in [0.717, 1.165) is 17.7 Å². The van der Waals surface area contributed by atoms with Crippen LogP contribution in [0.2, 0.25) is 0 Å². The molecule has 1 spiro atoms. The van der Waals surface area contributed by atoms with Gasteiger partial charge in [-0.15, -0.1) is 0 Å². The van der Waals surface area contributed by atoms with Gasteiger partial charge in [0.1, 0.15) is 17.9 Å². The first kappa shape index (κ1) is 19.3. The van der Waals surface area contributed by atoms with Gasteiger partial charge in [-0.3, -0.25) is 24.6 Å². The fourth-order valence-corrected chi connectivity index (χ4v) is 5.97. The number of carbonyl (C=O) groups excluding carboxylic acids is 3. The summed E-state index contributed by atoms with van der Waals surface area (Å²) in [5, 5.41) is 2.35. The van der Waals surface area contributed by atoms with E-state index in [1.165, 1.54) is 45.2 Å². The first-order valence-electron chi connectivity index (χ1n) is 11.7. The second kappa shape index (κ2) is 7.05. The molecule has 5 aliphatic rings. The van der Waals surface area contributed by atoms with Crippen molar-refractivity contribution < 1.29 is 19.1 Å². The Bertz CT molecular complexity index is 948. The van der Waals surface area contributed by atoms with Crippen LogP contribution in [0.5, 0.6) is 5.75 Å². The average molecular weight is 424 g/mol. The Hall–Kier alpha value is -2.41. The van der Waals surface area contributed by atoms with E-state index in [9.17, 15) is 14.4 Å². The van der Waals surface area contributed by atoms with Crippen LogP contribution in [-0.2, 0) is 16.1 Å². The molecule has 3 atom stereocenters. The highest BCUT2D eigenvalue weighted by molar-refractivity contribution is 6.05. The Balaban J connectivity index is 1.16. The van der Waals surface area contributed by atoms with Crippen LogP contribution in [0.4, 0.5) is 0 Å². The Kier molecular flexibility index (Phi) is 4.39. The molecule has 3 amide bonds. The smallest absolute Gasteiger partial charge is 0.255 e. The van der Waals surface area contributed by atoms with Crippen molar-refractivity contribution in [3.8, 4) is 5.75 Å². The number of nitrogens with one attached hydrogen (secondary N) is 1. The maximum absolute atomic E-state index is 12.9. The van der Waals surface area contributed by atoms with E-state index in [0.29, 0.717) is 30.0 Å². The molecule has 2 saturated heterocycles. The maximum atomic E-state index is 12.9. The number of hydrogen-bond acceptors (Lipinski definition) is 5. The van der Waals surface area contributed by atoms with Crippen molar-refractivity contribution in [1.29, 1.82) is 0 Å². The van der Waals surface area contributed by atoms with Crippen LogP contribution < -0.4 is 10.1 Å². The Morgan fingerprint density at radius 1 is 1.03 bits per heavy atom. The normalized spacial score (nSPS) is 31.9. The van der Waals surface area contributed by atoms with Gasteiger partial charge in [-0.05, 0) is 67.7 Å². The van der Waals surface area contributed by atoms with Gasteiger partial charge in [-0.2, -0.15) is 0 Å². The second-order valence-electron chi connectivity index (χ2n) is 10.1. The van der Waals surface area contributed by atoms with Crippen molar-refractivity contribution in [1.82, 2.24) is 15.1 Å². The predicted molar refractivity (Wildman–Crippen MR) is 112 cm³/mol. The van der Waals surface area contributed by atoms with E-state index >= 15 is 0 Å². The van der Waals surface area contributed by atoms with E-state index in [4.69, 9.17) is 4.74 Å². The third-order valence-corrected chi connectivity index (χ3v) is 7.95. The van der Waals surface area contributed by atoms with Crippen molar-refractivity contribution in [3.05, 3.63) is 29.3 Å². The molecule has 31 heavy (non-hydrogen) atoms. The number of amides is 3. The van der Waals surface area contributed by atoms with Crippen LogP contribution in [0.3, 0.4) is 0 Å². The van der Waals surface area contributed by atoms with Crippen molar-refractivity contribution in [3.63, 3.8) is 0 Å². The summed E-state index contributed by atoms with van der Waals surface area (Å²) >= 11 is 0. The number of likely N-dealkylation sites (tertiary alicyclic amines) is 1. The van der Waals surface area contributed by atoms with Crippen LogP contribution in [-0.4, -0.2) is 58.8 Å². The molecule has 4 fully saturated rings. The molecule has 1 aromatic rings. The molecule has 3 heterocycles. The number of hydrogen-bond donors (Lipinski definition) is 1. The summed E-state index contributed by atoms with van der Waals surface area (Å²) < 4.78 is 6.49. The quantitative estimate of drug-likeness (QED) is 0.752. The maximum Gasteiger partial charge on any atom is 0.255 e. The van der Waals surface area contributed by atoms with Gasteiger partial charge in [0.2, 0.25) is 11.8 Å². The van der Waals surface area contributed by atoms with Gasteiger partial charge in [-0.25, -0.2) is 0 Å². The van der Waals surface area contributed by atoms with Crippen molar-refractivity contribution in [2.75, 3.05) is 13.1 Å². The summed E-state index contributed by atoms with van der Waals surface area (Å²) in [6.45, 7) is 2.86. The highest BCUT2D eigenvalue weighted by Crippen LogP contribution is 2.54. The Morgan fingerprint density at radius 3 is 2.61 bits per heavy atom. The van der Waals surface area contributed by atoms with Crippen molar-refractivity contribution in [2.24, 2.45) is 5.41 Å². The fraction of sp³-hybridized carbons (Fsp3) is 0.625. The van der Waals surface area contributed by atoms with Crippen molar-refractivity contribution >= 4 is 17.7 Å². The topological polar surface area (TPSA) is 79.0 Å². The fourth-order valence-electron chi connectivity index (χ4n) is 5.97. The van der Waals surface area contributed by atoms with Gasteiger partial charge >= 0.3 is 0 Å². The van der Waals surface area contributed by atoms with Crippen LogP contribution in [0.1, 0.15) is 67.3 Å². The zero-order valence-corrected chi connectivity index (χ0v) is 17.8. The van der Waals surface area contributed by atoms with E-state index in [1.54, 1.807) is 4.90 Å². The second-order valence-corrected chi connectivity index (χ2v) is 10.1. The first-order chi connectivity index (χ1) is 15.0. The number of carbonyl (C=O) groups is 3. The van der Waals surface area contributed by atoms with Crippen molar-refractivity contribution in [2.45, 2.75) is 76.1 Å². The molecule has 0 aromatic heterocycles. The summed E-state index contributed by atoms with van der Waals surface area (Å²) in [5.41, 5.74) is 2.19. The van der Waals surface area contributed by atoms with E-state index in [1.807, 2.05) is 18.2 Å². The number of ether oxygens (including phenoxy) is 1. The van der Waals surface area contributed by atoms with Crippen LogP contribution in [0, 0.1) is 5.41 Å². The highest BCUT2D eigenvalue weighted by atomic mass is 16.5. The molecule has 0 bridgehead atoms. The number of rotatable bonds is 4. The van der Waals surface area contributed by atoms with Gasteiger partial charge in [0.15, 0.2) is 0 Å². The number of imide groups is 1. The first-order valence-corrected chi connectivity index (χ1v) is 11.7. The molecule has 1 aromatic carbocycles. The van der Waals surface area contributed by atoms with Crippen LogP contribution in [0.15, 0.2) is 18.2 Å². The highest BCUT2D eigenvalue weighted by Gasteiger charge is 2.55. The lowest BCUT2D eigenvalue weighted by atomic mass is 9.85. The third kappa shape index (κ3) is 3.34. The van der Waals surface area contributed by atoms with Gasteiger partial charge < -0.3 is 9.64 Å². The average Bonchev–Trinajstić information content (AvgIpc) is 3.47. The molecule has 1 unspecified atom stereocenters. The standard InChI is InChI=1S/C24H29N3O4/c28-21-8-7-19(22(29)25-21)27-12-15-11-16(5-6-17(15)23(27)30)31-20-4-2-1-3-18(20)26-13-24(14-26)9-10-24/h5-6,11,18-20H,1-4,7-10,12-14H2,(H,25,28,29)/t18-,19?,20+/m0/s1. The molecule has 0 radical (unpaired) electrons. The summed E-state index contributed by atoms with van der Waals surface area (Å²) in [4.78, 5) is 40.8. The van der Waals surface area contributed by atoms with Crippen LogP contribution in [0.25, 0.3) is 0 Å². The lowest BCUT2D eigenvalue weighted by molar-refractivity contribution is -0.136. The van der Waals surface area contributed by atoms with Crippen LogP contribution >= 0.6 is 0 Å². The molecule has 1 N–H and O–H groups in total. The molecule has 2 saturated carbocycles. The lowest BCUT2D eigenvalue weighted by Gasteiger charge is -2.49. The summed E-state index contributed by atoms with van der Waals surface area (Å²) in [6.07, 6.45) is 8.39. The minimum absolute atomic E-state index is 0.137. The SMILES string of the molecule is O=C1CCC(N2Cc3cc(O[C@@H]4CCCC[C@@H]4N4CC5(CC5)C4)ccc3C2=O)C(=O)N1. The molecule has 6 rings (SSSR count). The Labute approximate surface area is 182 Å². The number of nitrogens with zero attached hydrogens (tertiary/aromatic N) is 2. The summed E-state index contributed by atoms with van der Waals surface area (Å²) in [5.74, 6) is 0.0389. The zero-order valence-electron chi connectivity index (χ0n) is 17.8. The minimum atomic E-state index is -0.578. The number of benzene rings is 1. The van der Waals surface area contributed by atoms with E-state index in [2.05, 4.69) is 10.2 Å². The van der Waals surface area contributed by atoms with Gasteiger partial charge in [0, 0.05) is 37.7 Å². The monoisotopic (exact) mass is 423 g/mol. The molecule has 7 heteroatoms. The molecule has 2 aliphatic carbocycles. The van der Waals surface area contributed by atoms with E-state index in [-0.39, 0.29) is 30.2 Å². The third-order valence-electron chi connectivity index (χ3n) is 7.95. The van der Waals surface area contributed by atoms with Gasteiger partial charge in [0.25, 0.3) is 5.91 Å². The van der Waals surface area contributed by atoms with Gasteiger partial charge in [-0.1, -0.05) is 6.42 Å². The zero-order chi connectivity index (χ0) is 21.2. The Morgan fingerprint density at radius 2 is 1.84 bits per heavy atom. The molecular formula is C24H29N3O4. The number of piperidine rings is 1. The molecular weight excluding hydrogens is 394 g/mol.